The molecular formula is C48H45N3O9. The molecule has 0 bridgehead atoms. The van der Waals surface area contributed by atoms with Gasteiger partial charge in [0.2, 0.25) is 17.7 Å². The topological polar surface area (TPSA) is 144 Å². The molecule has 12 heteroatoms. The smallest absolute Gasteiger partial charge is 0.363 e. The van der Waals surface area contributed by atoms with Gasteiger partial charge in [-0.2, -0.15) is 0 Å². The maximum Gasteiger partial charge on any atom is 0.363 e. The summed E-state index contributed by atoms with van der Waals surface area (Å²) in [7, 11) is 0. The van der Waals surface area contributed by atoms with Gasteiger partial charge in [-0.25, -0.2) is 29.4 Å². The number of carbonyl (C=O) groups is 3. The Morgan fingerprint density at radius 3 is 0.950 bits per heavy atom. The van der Waals surface area contributed by atoms with Crippen LogP contribution in [0.15, 0.2) is 123 Å². The zero-order valence-electron chi connectivity index (χ0n) is 33.8. The maximum absolute atomic E-state index is 13.1. The highest BCUT2D eigenvalue weighted by molar-refractivity contribution is 6.18. The summed E-state index contributed by atoms with van der Waals surface area (Å²) in [5.74, 6) is 0.158. The Morgan fingerprint density at radius 2 is 0.700 bits per heavy atom. The van der Waals surface area contributed by atoms with Gasteiger partial charge in [0.15, 0.2) is 17.1 Å². The van der Waals surface area contributed by atoms with Gasteiger partial charge in [0, 0.05) is 16.7 Å². The lowest BCUT2D eigenvalue weighted by Gasteiger charge is -2.08. The molecule has 4 aromatic carbocycles. The van der Waals surface area contributed by atoms with Crippen LogP contribution >= 0.6 is 0 Å². The Kier molecular flexibility index (Phi) is 13.4. The van der Waals surface area contributed by atoms with Crippen molar-refractivity contribution >= 4 is 53.8 Å². The van der Waals surface area contributed by atoms with Crippen LogP contribution in [0.5, 0.6) is 17.2 Å². The van der Waals surface area contributed by atoms with E-state index in [1.807, 2.05) is 72.8 Å². The summed E-state index contributed by atoms with van der Waals surface area (Å²) >= 11 is 0. The summed E-state index contributed by atoms with van der Waals surface area (Å²) in [5.41, 5.74) is 3.36. The lowest BCUT2D eigenvalue weighted by atomic mass is 10.0. The second kappa shape index (κ2) is 19.6. The van der Waals surface area contributed by atoms with E-state index in [9.17, 15) is 14.4 Å². The normalized spacial score (nSPS) is 16.8. The molecule has 60 heavy (non-hydrogen) atoms. The van der Waals surface area contributed by atoms with Gasteiger partial charge in [0.05, 0.1) is 19.8 Å². The first-order valence-electron chi connectivity index (χ1n) is 20.2. The molecule has 0 amide bonds. The third-order valence-electron chi connectivity index (χ3n) is 9.39. The predicted octanol–water partition coefficient (Wildman–Crippen LogP) is 9.26. The number of ether oxygens (including phenoxy) is 6. The quantitative estimate of drug-likeness (QED) is 0.0416. The van der Waals surface area contributed by atoms with Gasteiger partial charge in [-0.3, -0.25) is 0 Å². The van der Waals surface area contributed by atoms with Crippen molar-refractivity contribution in [1.82, 2.24) is 0 Å². The summed E-state index contributed by atoms with van der Waals surface area (Å²) in [6.07, 6.45) is 10.8. The van der Waals surface area contributed by atoms with Crippen molar-refractivity contribution in [2.75, 3.05) is 19.8 Å². The number of aliphatic imine (C=N–C) groups is 3. The predicted molar refractivity (Wildman–Crippen MR) is 229 cm³/mol. The van der Waals surface area contributed by atoms with Gasteiger partial charge in [-0.05, 0) is 109 Å². The molecule has 0 radical (unpaired) electrons. The van der Waals surface area contributed by atoms with Crippen molar-refractivity contribution in [3.63, 3.8) is 0 Å². The summed E-state index contributed by atoms with van der Waals surface area (Å²) < 4.78 is 34.3. The van der Waals surface area contributed by atoms with Crippen LogP contribution in [0.25, 0.3) is 18.2 Å². The molecular weight excluding hydrogens is 763 g/mol. The number of hydrogen-bond donors (Lipinski definition) is 0. The number of esters is 3. The molecule has 0 N–H and O–H groups in total. The summed E-state index contributed by atoms with van der Waals surface area (Å²) in [6, 6.07) is 26.8. The number of carbonyl (C=O) groups excluding carboxylic acids is 3. The van der Waals surface area contributed by atoms with Gasteiger partial charge in [-0.15, -0.1) is 0 Å². The summed E-state index contributed by atoms with van der Waals surface area (Å²) in [6.45, 7) is 8.16. The minimum absolute atomic E-state index is 0.0160. The fourth-order valence-corrected chi connectivity index (χ4v) is 6.05. The molecule has 0 saturated heterocycles. The Hall–Kier alpha value is -7.08. The Labute approximate surface area is 348 Å². The summed E-state index contributed by atoms with van der Waals surface area (Å²) in [5, 5.41) is 0. The molecule has 0 fully saturated rings. The first-order chi connectivity index (χ1) is 29.3. The highest BCUT2D eigenvalue weighted by Gasteiger charge is 2.31. The molecule has 0 aromatic heterocycles. The second-order valence-electron chi connectivity index (χ2n) is 14.1. The number of rotatable bonds is 18. The van der Waals surface area contributed by atoms with E-state index in [2.05, 4.69) is 35.7 Å². The molecule has 0 unspecified atom stereocenters. The van der Waals surface area contributed by atoms with E-state index in [4.69, 9.17) is 28.4 Å². The molecule has 0 saturated carbocycles. The molecule has 12 nitrogen and oxygen atoms in total. The van der Waals surface area contributed by atoms with Gasteiger partial charge >= 0.3 is 17.9 Å². The van der Waals surface area contributed by atoms with E-state index < -0.39 is 17.9 Å². The van der Waals surface area contributed by atoms with Crippen molar-refractivity contribution < 1.29 is 42.8 Å². The molecule has 3 aliphatic heterocycles. The monoisotopic (exact) mass is 807 g/mol. The first-order valence-corrected chi connectivity index (χ1v) is 20.2. The molecule has 0 atom stereocenters. The highest BCUT2D eigenvalue weighted by Crippen LogP contribution is 2.28. The molecule has 3 heterocycles. The second-order valence-corrected chi connectivity index (χ2v) is 14.1. The van der Waals surface area contributed by atoms with E-state index in [-0.39, 0.29) is 34.8 Å². The molecule has 306 valence electrons. The minimum atomic E-state index is -0.659. The number of benzene rings is 4. The fraction of sp³-hybridized carbons (Fsp3) is 0.250. The standard InChI is InChI=1S/C48H45N3O9/c1-4-7-22-55-37-16-10-31(11-17-37)25-40-46(52)58-43(49-40)34-28-35(44-50-41(47(53)59-44)26-32-12-18-38(19-13-32)56-23-8-5-2)30-36(29-34)45-51-42(48(54)60-45)27-33-14-20-39(21-15-33)57-24-9-6-3/h10-21,25-30H,4-9,22-24H2,1-3H3/b40-25-,41-26+,42-27+. The maximum atomic E-state index is 13.1. The molecule has 7 rings (SSSR count). The van der Waals surface area contributed by atoms with E-state index in [0.717, 1.165) is 72.5 Å². The van der Waals surface area contributed by atoms with Crippen LogP contribution in [0.4, 0.5) is 0 Å². The zero-order valence-corrected chi connectivity index (χ0v) is 33.8. The van der Waals surface area contributed by atoms with Gasteiger partial charge in [0.1, 0.15) is 17.2 Å². The lowest BCUT2D eigenvalue weighted by Crippen LogP contribution is -2.13. The van der Waals surface area contributed by atoms with Crippen molar-refractivity contribution in [1.29, 1.82) is 0 Å². The van der Waals surface area contributed by atoms with Crippen LogP contribution in [0.2, 0.25) is 0 Å². The van der Waals surface area contributed by atoms with E-state index in [0.29, 0.717) is 36.5 Å². The molecule has 0 aliphatic carbocycles. The SMILES string of the molecule is CCCCOc1ccc(/C=C2\N=C(c3cc(C4=N/C(=C/c5ccc(OCCCC)cc5)C(=O)O4)cc(C4=N/C(=C/c5ccc(OCCCC)cc5)C(=O)O4)c3)OC2=O)cc1. The highest BCUT2D eigenvalue weighted by atomic mass is 16.6. The largest absolute Gasteiger partial charge is 0.494 e. The van der Waals surface area contributed by atoms with Crippen LogP contribution in [0.3, 0.4) is 0 Å². The van der Waals surface area contributed by atoms with E-state index in [1.165, 1.54) is 0 Å². The minimum Gasteiger partial charge on any atom is -0.494 e. The summed E-state index contributed by atoms with van der Waals surface area (Å²) in [4.78, 5) is 53.0. The van der Waals surface area contributed by atoms with Crippen LogP contribution < -0.4 is 14.2 Å². The van der Waals surface area contributed by atoms with Crippen molar-refractivity contribution in [3.05, 3.63) is 141 Å². The van der Waals surface area contributed by atoms with Gasteiger partial charge in [-0.1, -0.05) is 76.4 Å². The van der Waals surface area contributed by atoms with Crippen molar-refractivity contribution in [2.45, 2.75) is 59.3 Å². The van der Waals surface area contributed by atoms with Gasteiger partial charge in [0.25, 0.3) is 0 Å². The molecule has 4 aromatic rings. The average molecular weight is 808 g/mol. The Morgan fingerprint density at radius 1 is 0.433 bits per heavy atom. The Balaban J connectivity index is 1.20. The molecule has 0 spiro atoms. The number of unbranched alkanes of at least 4 members (excludes halogenated alkanes) is 3. The Bertz CT molecular complexity index is 2140. The molecule has 3 aliphatic rings. The van der Waals surface area contributed by atoms with Crippen molar-refractivity contribution in [2.24, 2.45) is 15.0 Å². The van der Waals surface area contributed by atoms with Crippen LogP contribution in [0.1, 0.15) is 92.7 Å². The van der Waals surface area contributed by atoms with Crippen LogP contribution in [0, 0.1) is 0 Å². The average Bonchev–Trinajstić information content (AvgIpc) is 3.95. The zero-order chi connectivity index (χ0) is 41.8. The van der Waals surface area contributed by atoms with Crippen LogP contribution in [-0.4, -0.2) is 55.4 Å². The van der Waals surface area contributed by atoms with Gasteiger partial charge < -0.3 is 28.4 Å². The van der Waals surface area contributed by atoms with E-state index in [1.54, 1.807) is 36.4 Å². The van der Waals surface area contributed by atoms with Crippen LogP contribution in [-0.2, 0) is 28.6 Å². The third kappa shape index (κ3) is 10.5. The van der Waals surface area contributed by atoms with E-state index >= 15 is 0 Å². The van der Waals surface area contributed by atoms with Crippen molar-refractivity contribution in [3.8, 4) is 17.2 Å². The number of hydrogen-bond acceptors (Lipinski definition) is 12. The number of cyclic esters (lactones) is 3. The number of nitrogens with zero attached hydrogens (tertiary/aromatic N) is 3. The lowest BCUT2D eigenvalue weighted by molar-refractivity contribution is -0.130. The first kappa shape index (κ1) is 41.1. The third-order valence-corrected chi connectivity index (χ3v) is 9.39. The fourth-order valence-electron chi connectivity index (χ4n) is 6.05.